The summed E-state index contributed by atoms with van der Waals surface area (Å²) in [6.45, 7) is 0. The molecule has 0 aliphatic carbocycles. The average molecular weight is 364 g/mol. The first kappa shape index (κ1) is 14.4. The number of fused-ring (bicyclic) bond motifs is 1. The van der Waals surface area contributed by atoms with Gasteiger partial charge in [0, 0.05) is 28.3 Å². The third kappa shape index (κ3) is 2.89. The summed E-state index contributed by atoms with van der Waals surface area (Å²) in [5.41, 5.74) is 3.19. The number of halogens is 1. The fourth-order valence-corrected chi connectivity index (χ4v) is 3.35. The number of rotatable bonds is 2. The molecule has 0 bridgehead atoms. The van der Waals surface area contributed by atoms with E-state index in [1.807, 2.05) is 24.4 Å². The van der Waals surface area contributed by atoms with E-state index in [-0.39, 0.29) is 0 Å². The van der Waals surface area contributed by atoms with Crippen LogP contribution in [0, 0.1) is 0 Å². The molecule has 0 saturated carbocycles. The minimum Gasteiger partial charge on any atom is -0.316 e. The number of allylic oxidation sites excluding steroid dienone is 5. The van der Waals surface area contributed by atoms with Gasteiger partial charge in [0.1, 0.15) is 0 Å². The van der Waals surface area contributed by atoms with Gasteiger partial charge in [0.15, 0.2) is 9.84 Å². The van der Waals surface area contributed by atoms with Crippen LogP contribution >= 0.6 is 15.9 Å². The van der Waals surface area contributed by atoms with Crippen molar-refractivity contribution in [2.75, 3.05) is 6.26 Å². The molecule has 0 saturated heterocycles. The fraction of sp³-hybridized carbons (Fsp3) is 0.125. The summed E-state index contributed by atoms with van der Waals surface area (Å²) in [4.78, 5) is 2.44. The molecule has 0 spiro atoms. The lowest BCUT2D eigenvalue weighted by atomic mass is 10.0. The molecule has 5 heteroatoms. The van der Waals surface area contributed by atoms with Crippen molar-refractivity contribution >= 4 is 31.5 Å². The Bertz CT molecular complexity index is 799. The van der Waals surface area contributed by atoms with Crippen molar-refractivity contribution in [3.63, 3.8) is 0 Å². The van der Waals surface area contributed by atoms with Crippen LogP contribution in [-0.4, -0.2) is 19.6 Å². The molecule has 108 valence electrons. The van der Waals surface area contributed by atoms with Crippen molar-refractivity contribution < 1.29 is 8.42 Å². The molecule has 0 N–H and O–H groups in total. The zero-order valence-corrected chi connectivity index (χ0v) is 13.9. The third-order valence-corrected chi connectivity index (χ3v) is 5.02. The molecule has 0 unspecified atom stereocenters. The molecule has 0 amide bonds. The van der Waals surface area contributed by atoms with Crippen LogP contribution in [0.2, 0.25) is 0 Å². The number of hydrogen-bond acceptors (Lipinski definition) is 3. The van der Waals surface area contributed by atoms with E-state index in [2.05, 4.69) is 39.1 Å². The van der Waals surface area contributed by atoms with Gasteiger partial charge in [-0.05, 0) is 52.2 Å². The lowest BCUT2D eigenvalue weighted by Crippen LogP contribution is -2.18. The number of nitrogens with zero attached hydrogens (tertiary/aromatic N) is 1. The first-order chi connectivity index (χ1) is 9.95. The summed E-state index contributed by atoms with van der Waals surface area (Å²) in [6.07, 6.45) is 12.5. The second-order valence-electron chi connectivity index (χ2n) is 4.97. The molecule has 21 heavy (non-hydrogen) atoms. The SMILES string of the molecule is CS(=O)(=O)c1ccc(C2=CCC=C3C=CC(Br)=CN32)cc1. The Morgan fingerprint density at radius 3 is 2.48 bits per heavy atom. The Morgan fingerprint density at radius 2 is 1.81 bits per heavy atom. The Kier molecular flexibility index (Phi) is 3.63. The monoisotopic (exact) mass is 363 g/mol. The molecule has 0 fully saturated rings. The molecule has 0 radical (unpaired) electrons. The molecule has 1 aromatic rings. The van der Waals surface area contributed by atoms with Crippen LogP contribution in [0.3, 0.4) is 0 Å². The van der Waals surface area contributed by atoms with E-state index < -0.39 is 9.84 Å². The number of benzene rings is 1. The normalized spacial score (nSPS) is 17.8. The lowest BCUT2D eigenvalue weighted by Gasteiger charge is -2.30. The summed E-state index contributed by atoms with van der Waals surface area (Å²) < 4.78 is 24.1. The van der Waals surface area contributed by atoms with E-state index in [9.17, 15) is 8.42 Å². The van der Waals surface area contributed by atoms with Crippen molar-refractivity contribution in [2.45, 2.75) is 11.3 Å². The fourth-order valence-electron chi connectivity index (χ4n) is 2.38. The average Bonchev–Trinajstić information content (AvgIpc) is 2.46. The molecule has 2 heterocycles. The summed E-state index contributed by atoms with van der Waals surface area (Å²) >= 11 is 3.49. The van der Waals surface area contributed by atoms with Crippen LogP contribution < -0.4 is 0 Å². The van der Waals surface area contributed by atoms with E-state index in [0.717, 1.165) is 27.9 Å². The van der Waals surface area contributed by atoms with Crippen molar-refractivity contribution in [1.29, 1.82) is 0 Å². The molecule has 2 aliphatic heterocycles. The Balaban J connectivity index is 1.97. The molecule has 3 nitrogen and oxygen atoms in total. The summed E-state index contributed by atoms with van der Waals surface area (Å²) in [7, 11) is -3.16. The quantitative estimate of drug-likeness (QED) is 0.801. The zero-order valence-electron chi connectivity index (χ0n) is 11.5. The Morgan fingerprint density at radius 1 is 1.10 bits per heavy atom. The van der Waals surface area contributed by atoms with Crippen molar-refractivity contribution in [3.05, 3.63) is 70.5 Å². The highest BCUT2D eigenvalue weighted by Gasteiger charge is 2.19. The standard InChI is InChI=1S/C16H14BrNO2S/c1-21(19,20)15-9-5-12(6-10-15)16-4-2-3-14-8-7-13(17)11-18(14)16/h3-11H,2H2,1H3. The van der Waals surface area contributed by atoms with Crippen LogP contribution in [-0.2, 0) is 9.84 Å². The molecule has 0 aromatic heterocycles. The van der Waals surface area contributed by atoms with Crippen LogP contribution in [0.15, 0.2) is 69.8 Å². The van der Waals surface area contributed by atoms with Gasteiger partial charge in [-0.2, -0.15) is 0 Å². The van der Waals surface area contributed by atoms with E-state index in [1.54, 1.807) is 12.1 Å². The van der Waals surface area contributed by atoms with Crippen molar-refractivity contribution in [3.8, 4) is 0 Å². The molecule has 0 atom stereocenters. The van der Waals surface area contributed by atoms with Gasteiger partial charge >= 0.3 is 0 Å². The van der Waals surface area contributed by atoms with Gasteiger partial charge in [-0.1, -0.05) is 24.3 Å². The Hall–Kier alpha value is -1.59. The first-order valence-corrected chi connectivity index (χ1v) is 9.19. The van der Waals surface area contributed by atoms with Crippen molar-refractivity contribution in [1.82, 2.24) is 4.90 Å². The summed E-state index contributed by atoms with van der Waals surface area (Å²) in [6, 6.07) is 7.01. The van der Waals surface area contributed by atoms with E-state index >= 15 is 0 Å². The second kappa shape index (κ2) is 5.31. The maximum Gasteiger partial charge on any atom is 0.175 e. The highest BCUT2D eigenvalue weighted by Crippen LogP contribution is 2.33. The second-order valence-corrected chi connectivity index (χ2v) is 7.90. The van der Waals surface area contributed by atoms with Gasteiger partial charge in [0.05, 0.1) is 4.90 Å². The zero-order chi connectivity index (χ0) is 15.0. The van der Waals surface area contributed by atoms with E-state index in [0.29, 0.717) is 4.90 Å². The highest BCUT2D eigenvalue weighted by atomic mass is 79.9. The van der Waals surface area contributed by atoms with Gasteiger partial charge < -0.3 is 4.90 Å². The predicted octanol–water partition coefficient (Wildman–Crippen LogP) is 3.83. The number of sulfone groups is 1. The largest absolute Gasteiger partial charge is 0.316 e. The minimum absolute atomic E-state index is 0.341. The van der Waals surface area contributed by atoms with Crippen LogP contribution in [0.5, 0.6) is 0 Å². The smallest absolute Gasteiger partial charge is 0.175 e. The van der Waals surface area contributed by atoms with Crippen molar-refractivity contribution in [2.24, 2.45) is 0 Å². The predicted molar refractivity (Wildman–Crippen MR) is 88.2 cm³/mol. The molecule has 3 rings (SSSR count). The van der Waals surface area contributed by atoms with Crippen LogP contribution in [0.25, 0.3) is 5.70 Å². The molecule has 2 aliphatic rings. The highest BCUT2D eigenvalue weighted by molar-refractivity contribution is 9.11. The Labute approximate surface area is 133 Å². The minimum atomic E-state index is -3.16. The molecule has 1 aromatic carbocycles. The lowest BCUT2D eigenvalue weighted by molar-refractivity contribution is 0.602. The molecular formula is C16H14BrNO2S. The third-order valence-electron chi connectivity index (χ3n) is 3.42. The van der Waals surface area contributed by atoms with Gasteiger partial charge in [0.25, 0.3) is 0 Å². The van der Waals surface area contributed by atoms with Crippen LogP contribution in [0.1, 0.15) is 12.0 Å². The summed E-state index contributed by atoms with van der Waals surface area (Å²) in [5.74, 6) is 0. The van der Waals surface area contributed by atoms with E-state index in [4.69, 9.17) is 0 Å². The van der Waals surface area contributed by atoms with Gasteiger partial charge in [-0.15, -0.1) is 0 Å². The maximum absolute atomic E-state index is 11.5. The first-order valence-electron chi connectivity index (χ1n) is 6.50. The molecular weight excluding hydrogens is 350 g/mol. The number of hydrogen-bond donors (Lipinski definition) is 0. The van der Waals surface area contributed by atoms with Gasteiger partial charge in [-0.3, -0.25) is 0 Å². The van der Waals surface area contributed by atoms with Gasteiger partial charge in [-0.25, -0.2) is 8.42 Å². The van der Waals surface area contributed by atoms with E-state index in [1.165, 1.54) is 6.26 Å². The summed E-state index contributed by atoms with van der Waals surface area (Å²) in [5, 5.41) is 0. The topological polar surface area (TPSA) is 37.4 Å². The maximum atomic E-state index is 11.5. The van der Waals surface area contributed by atoms with Crippen LogP contribution in [0.4, 0.5) is 0 Å². The van der Waals surface area contributed by atoms with Gasteiger partial charge in [0.2, 0.25) is 0 Å².